The molecule has 150 valence electrons. The number of benzene rings is 3. The molecule has 3 aromatic rings. The third kappa shape index (κ3) is 4.86. The van der Waals surface area contributed by atoms with Gasteiger partial charge in [0.1, 0.15) is 5.75 Å². The Labute approximate surface area is 179 Å². The molecule has 0 spiro atoms. The number of aryl methyl sites for hydroxylation is 2. The van der Waals surface area contributed by atoms with Gasteiger partial charge >= 0.3 is 0 Å². The number of rotatable bonds is 6. The first-order valence-electron chi connectivity index (χ1n) is 8.88. The van der Waals surface area contributed by atoms with E-state index in [0.717, 1.165) is 15.4 Å². The SMILES string of the molecule is Cc1ccc(N(C(=O)COc2ccc(C)cc2Br)S(=O)(=O)c2ccccc2)cc1. The Kier molecular flexibility index (Phi) is 6.39. The van der Waals surface area contributed by atoms with Crippen LogP contribution in [0, 0.1) is 13.8 Å². The number of hydrogen-bond acceptors (Lipinski definition) is 4. The van der Waals surface area contributed by atoms with Crippen LogP contribution >= 0.6 is 15.9 Å². The number of carbonyl (C=O) groups excluding carboxylic acids is 1. The van der Waals surface area contributed by atoms with Gasteiger partial charge < -0.3 is 4.74 Å². The first kappa shape index (κ1) is 21.1. The summed E-state index contributed by atoms with van der Waals surface area (Å²) in [6.45, 7) is 3.40. The lowest BCUT2D eigenvalue weighted by Crippen LogP contribution is -2.40. The number of amides is 1. The zero-order valence-electron chi connectivity index (χ0n) is 16.0. The number of nitrogens with zero attached hydrogens (tertiary/aromatic N) is 1. The number of carbonyl (C=O) groups is 1. The topological polar surface area (TPSA) is 63.7 Å². The molecule has 29 heavy (non-hydrogen) atoms. The number of halogens is 1. The number of anilines is 1. The van der Waals surface area contributed by atoms with Gasteiger partial charge in [0, 0.05) is 0 Å². The quantitative estimate of drug-likeness (QED) is 0.512. The van der Waals surface area contributed by atoms with Crippen molar-refractivity contribution < 1.29 is 17.9 Å². The van der Waals surface area contributed by atoms with Crippen LogP contribution in [0.1, 0.15) is 11.1 Å². The Morgan fingerprint density at radius 1 is 0.931 bits per heavy atom. The summed E-state index contributed by atoms with van der Waals surface area (Å²) < 4.78 is 33.5. The monoisotopic (exact) mass is 473 g/mol. The minimum Gasteiger partial charge on any atom is -0.483 e. The van der Waals surface area contributed by atoms with E-state index < -0.39 is 22.5 Å². The third-order valence-corrected chi connectivity index (χ3v) is 6.60. The summed E-state index contributed by atoms with van der Waals surface area (Å²) in [7, 11) is -4.10. The number of hydrogen-bond donors (Lipinski definition) is 0. The summed E-state index contributed by atoms with van der Waals surface area (Å²) in [5, 5.41) is 0. The van der Waals surface area contributed by atoms with Gasteiger partial charge in [0.05, 0.1) is 15.1 Å². The minimum absolute atomic E-state index is 0.0328. The predicted octanol–water partition coefficient (Wildman–Crippen LogP) is 4.87. The van der Waals surface area contributed by atoms with Crippen molar-refractivity contribution in [3.8, 4) is 5.75 Å². The van der Waals surface area contributed by atoms with Crippen molar-refractivity contribution >= 4 is 37.5 Å². The normalized spacial score (nSPS) is 11.1. The highest BCUT2D eigenvalue weighted by Crippen LogP contribution is 2.27. The summed E-state index contributed by atoms with van der Waals surface area (Å²) >= 11 is 3.40. The molecule has 3 rings (SSSR count). The molecule has 7 heteroatoms. The molecule has 0 radical (unpaired) electrons. The Balaban J connectivity index is 1.94. The molecule has 0 aromatic heterocycles. The first-order valence-corrected chi connectivity index (χ1v) is 11.1. The van der Waals surface area contributed by atoms with Gasteiger partial charge in [-0.2, -0.15) is 4.31 Å². The van der Waals surface area contributed by atoms with Crippen molar-refractivity contribution in [2.45, 2.75) is 18.7 Å². The summed E-state index contributed by atoms with van der Waals surface area (Å²) in [6, 6.07) is 20.0. The van der Waals surface area contributed by atoms with Crippen LogP contribution in [-0.2, 0) is 14.8 Å². The summed E-state index contributed by atoms with van der Waals surface area (Å²) in [5.74, 6) is -0.227. The van der Waals surface area contributed by atoms with Crippen molar-refractivity contribution in [3.05, 3.63) is 88.4 Å². The molecule has 3 aromatic carbocycles. The van der Waals surface area contributed by atoms with E-state index in [4.69, 9.17) is 4.74 Å². The highest BCUT2D eigenvalue weighted by atomic mass is 79.9. The van der Waals surface area contributed by atoms with Crippen LogP contribution in [0.3, 0.4) is 0 Å². The highest BCUT2D eigenvalue weighted by molar-refractivity contribution is 9.10. The lowest BCUT2D eigenvalue weighted by molar-refractivity contribution is -0.119. The number of ether oxygens (including phenoxy) is 1. The molecule has 0 aliphatic carbocycles. The second kappa shape index (κ2) is 8.80. The van der Waals surface area contributed by atoms with Crippen LogP contribution in [0.2, 0.25) is 0 Å². The molecule has 0 atom stereocenters. The lowest BCUT2D eigenvalue weighted by Gasteiger charge is -2.23. The first-order chi connectivity index (χ1) is 13.8. The van der Waals surface area contributed by atoms with E-state index >= 15 is 0 Å². The average molecular weight is 474 g/mol. The summed E-state index contributed by atoms with van der Waals surface area (Å²) in [4.78, 5) is 13.0. The Hall–Kier alpha value is -2.64. The van der Waals surface area contributed by atoms with E-state index in [2.05, 4.69) is 15.9 Å². The van der Waals surface area contributed by atoms with E-state index in [1.165, 1.54) is 12.1 Å². The molecule has 0 fully saturated rings. The zero-order valence-corrected chi connectivity index (χ0v) is 18.4. The maximum absolute atomic E-state index is 13.2. The van der Waals surface area contributed by atoms with Crippen molar-refractivity contribution in [1.82, 2.24) is 0 Å². The van der Waals surface area contributed by atoms with Crippen LogP contribution in [0.5, 0.6) is 5.75 Å². The smallest absolute Gasteiger partial charge is 0.278 e. The molecule has 0 aliphatic heterocycles. The highest BCUT2D eigenvalue weighted by Gasteiger charge is 2.31. The van der Waals surface area contributed by atoms with Crippen molar-refractivity contribution in [2.24, 2.45) is 0 Å². The molecule has 5 nitrogen and oxygen atoms in total. The van der Waals surface area contributed by atoms with Gasteiger partial charge in [-0.1, -0.05) is 42.0 Å². The van der Waals surface area contributed by atoms with Gasteiger partial charge in [0.2, 0.25) is 0 Å². The zero-order chi connectivity index (χ0) is 21.0. The number of sulfonamides is 1. The van der Waals surface area contributed by atoms with Crippen molar-refractivity contribution in [3.63, 3.8) is 0 Å². The fourth-order valence-electron chi connectivity index (χ4n) is 2.72. The fourth-order valence-corrected chi connectivity index (χ4v) is 4.76. The molecule has 0 heterocycles. The fraction of sp³-hybridized carbons (Fsp3) is 0.136. The van der Waals surface area contributed by atoms with Crippen molar-refractivity contribution in [1.29, 1.82) is 0 Å². The van der Waals surface area contributed by atoms with E-state index in [9.17, 15) is 13.2 Å². The van der Waals surface area contributed by atoms with E-state index in [-0.39, 0.29) is 10.6 Å². The van der Waals surface area contributed by atoms with Gasteiger partial charge in [-0.05, 0) is 71.7 Å². The second-order valence-electron chi connectivity index (χ2n) is 6.53. The van der Waals surface area contributed by atoms with Crippen LogP contribution in [0.25, 0.3) is 0 Å². The molecule has 0 N–H and O–H groups in total. The predicted molar refractivity (Wildman–Crippen MR) is 117 cm³/mol. The summed E-state index contributed by atoms with van der Waals surface area (Å²) in [6.07, 6.45) is 0. The Morgan fingerprint density at radius 2 is 1.55 bits per heavy atom. The largest absolute Gasteiger partial charge is 0.483 e. The van der Waals surface area contributed by atoms with Crippen molar-refractivity contribution in [2.75, 3.05) is 10.9 Å². The van der Waals surface area contributed by atoms with E-state index in [1.54, 1.807) is 48.5 Å². The van der Waals surface area contributed by atoms with Crippen LogP contribution in [0.15, 0.2) is 82.2 Å². The molecular formula is C22H20BrNO4S. The molecule has 0 unspecified atom stereocenters. The van der Waals surface area contributed by atoms with Crippen LogP contribution < -0.4 is 9.04 Å². The molecule has 1 amide bonds. The summed E-state index contributed by atoms with van der Waals surface area (Å²) in [5.41, 5.74) is 2.25. The molecule has 0 saturated carbocycles. The van der Waals surface area contributed by atoms with Crippen LogP contribution in [0.4, 0.5) is 5.69 Å². The minimum atomic E-state index is -4.10. The molecule has 0 aliphatic rings. The molecule has 0 saturated heterocycles. The van der Waals surface area contributed by atoms with Gasteiger partial charge in [0.25, 0.3) is 15.9 Å². The van der Waals surface area contributed by atoms with Gasteiger partial charge in [0.15, 0.2) is 6.61 Å². The Morgan fingerprint density at radius 3 is 2.17 bits per heavy atom. The van der Waals surface area contributed by atoms with Gasteiger partial charge in [-0.3, -0.25) is 4.79 Å². The lowest BCUT2D eigenvalue weighted by atomic mass is 10.2. The van der Waals surface area contributed by atoms with Crippen LogP contribution in [-0.4, -0.2) is 20.9 Å². The molecular weight excluding hydrogens is 454 g/mol. The maximum Gasteiger partial charge on any atom is 0.278 e. The van der Waals surface area contributed by atoms with Gasteiger partial charge in [-0.25, -0.2) is 8.42 Å². The van der Waals surface area contributed by atoms with E-state index in [1.807, 2.05) is 26.0 Å². The standard InChI is InChI=1S/C22H20BrNO4S/c1-16-8-11-18(12-9-16)24(29(26,27)19-6-4-3-5-7-19)22(25)15-28-21-13-10-17(2)14-20(21)23/h3-14H,15H2,1-2H3. The maximum atomic E-state index is 13.2. The Bertz CT molecular complexity index is 1110. The average Bonchev–Trinajstić information content (AvgIpc) is 2.69. The third-order valence-electron chi connectivity index (χ3n) is 4.21. The molecule has 0 bridgehead atoms. The van der Waals surface area contributed by atoms with Gasteiger partial charge in [-0.15, -0.1) is 0 Å². The van der Waals surface area contributed by atoms with E-state index in [0.29, 0.717) is 10.2 Å². The second-order valence-corrected chi connectivity index (χ2v) is 9.18.